The van der Waals surface area contributed by atoms with Gasteiger partial charge < -0.3 is 18.9 Å². The lowest BCUT2D eigenvalue weighted by molar-refractivity contribution is -0.168. The smallest absolute Gasteiger partial charge is 0.303 e. The molecule has 2 saturated heterocycles. The fraction of sp³-hybridized carbons (Fsp3) is 0.800. The molecule has 170 valence electrons. The molecule has 2 aliphatic heterocycles. The van der Waals surface area contributed by atoms with Gasteiger partial charge in [-0.3, -0.25) is 23.4 Å². The van der Waals surface area contributed by atoms with E-state index in [0.29, 0.717) is 25.7 Å². The molecule has 0 aromatic rings. The molecule has 6 atom stereocenters. The van der Waals surface area contributed by atoms with Gasteiger partial charge in [-0.25, -0.2) is 0 Å². The van der Waals surface area contributed by atoms with E-state index in [9.17, 15) is 23.4 Å². The van der Waals surface area contributed by atoms with Crippen LogP contribution >= 0.6 is 0 Å². The van der Waals surface area contributed by atoms with Crippen LogP contribution in [0.5, 0.6) is 0 Å². The molecule has 2 aliphatic rings. The first-order valence-electron chi connectivity index (χ1n) is 10.2. The molecule has 30 heavy (non-hydrogen) atoms. The molecule has 2 rings (SSSR count). The minimum Gasteiger partial charge on any atom is -0.461 e. The van der Waals surface area contributed by atoms with Crippen LogP contribution in [0, 0.1) is 0 Å². The van der Waals surface area contributed by atoms with Crippen LogP contribution in [0.2, 0.25) is 0 Å². The van der Waals surface area contributed by atoms with Gasteiger partial charge in [-0.15, -0.1) is 0 Å². The third-order valence-corrected chi connectivity index (χ3v) is 7.59. The molecule has 2 fully saturated rings. The quantitative estimate of drug-likeness (QED) is 0.468. The molecular weight excluding hydrogens is 416 g/mol. The molecular formula is C20H30O9S. The highest BCUT2D eigenvalue weighted by Crippen LogP contribution is 2.35. The molecule has 9 nitrogen and oxygen atoms in total. The molecule has 10 heteroatoms. The van der Waals surface area contributed by atoms with E-state index >= 15 is 0 Å². The summed E-state index contributed by atoms with van der Waals surface area (Å²) in [5.41, 5.74) is 0. The van der Waals surface area contributed by atoms with Crippen molar-refractivity contribution in [3.8, 4) is 0 Å². The first-order chi connectivity index (χ1) is 14.1. The average molecular weight is 447 g/mol. The summed E-state index contributed by atoms with van der Waals surface area (Å²) in [4.78, 5) is 46.6. The van der Waals surface area contributed by atoms with Crippen molar-refractivity contribution in [3.05, 3.63) is 0 Å². The second-order valence-electron chi connectivity index (χ2n) is 7.73. The topological polar surface area (TPSA) is 122 Å². The normalized spacial score (nSPS) is 34.2. The van der Waals surface area contributed by atoms with Gasteiger partial charge >= 0.3 is 23.9 Å². The van der Waals surface area contributed by atoms with Gasteiger partial charge in [0, 0.05) is 38.5 Å². The summed E-state index contributed by atoms with van der Waals surface area (Å²) in [5, 5.41) is -0.805. The predicted octanol–water partition coefficient (Wildman–Crippen LogP) is 1.57. The summed E-state index contributed by atoms with van der Waals surface area (Å²) in [5.74, 6) is -2.05. The van der Waals surface area contributed by atoms with Crippen LogP contribution in [0.4, 0.5) is 0 Å². The fourth-order valence-electron chi connectivity index (χ4n) is 4.25. The highest BCUT2D eigenvalue weighted by atomic mass is 32.2. The maximum absolute atomic E-state index is 13.2. The van der Waals surface area contributed by atoms with E-state index in [1.165, 1.54) is 27.7 Å². The van der Waals surface area contributed by atoms with Crippen LogP contribution in [0.3, 0.4) is 0 Å². The standard InChI is InChI=1S/C20H30O9S/c1-11(21)26-15-5-7-17(28-13(3)23)19-9-10-20(30(19)25)18(29-14(4)24)8-6-16(15)27-12(2)22/h15-20H,5-10H2,1-4H3. The van der Waals surface area contributed by atoms with E-state index in [1.54, 1.807) is 0 Å². The summed E-state index contributed by atoms with van der Waals surface area (Å²) in [6, 6.07) is 0. The Bertz CT molecular complexity index is 636. The van der Waals surface area contributed by atoms with Crippen molar-refractivity contribution in [1.29, 1.82) is 0 Å². The highest BCUT2D eigenvalue weighted by molar-refractivity contribution is 7.86. The number of esters is 4. The van der Waals surface area contributed by atoms with Crippen molar-refractivity contribution in [2.45, 2.75) is 101 Å². The third kappa shape index (κ3) is 6.78. The average Bonchev–Trinajstić information content (AvgIpc) is 2.98. The van der Waals surface area contributed by atoms with Crippen LogP contribution in [-0.4, -0.2) is 63.0 Å². The SMILES string of the molecule is CC(=O)OC1CCC(OC(C)=O)C2CCC(C(OC(C)=O)CCC1OC(C)=O)S2=O. The number of hydrogen-bond acceptors (Lipinski definition) is 9. The molecule has 2 bridgehead atoms. The molecule has 2 heterocycles. The van der Waals surface area contributed by atoms with E-state index in [2.05, 4.69) is 0 Å². The van der Waals surface area contributed by atoms with Crippen molar-refractivity contribution >= 4 is 34.7 Å². The fourth-order valence-corrected chi connectivity index (χ4v) is 6.42. The zero-order valence-electron chi connectivity index (χ0n) is 17.8. The summed E-state index contributed by atoms with van der Waals surface area (Å²) in [7, 11) is -1.38. The Labute approximate surface area is 178 Å². The Hall–Kier alpha value is -1.97. The molecule has 0 radical (unpaired) electrons. The Morgan fingerprint density at radius 1 is 0.533 bits per heavy atom. The van der Waals surface area contributed by atoms with Crippen LogP contribution in [0.25, 0.3) is 0 Å². The van der Waals surface area contributed by atoms with Crippen LogP contribution in [0.1, 0.15) is 66.2 Å². The highest BCUT2D eigenvalue weighted by Gasteiger charge is 2.45. The van der Waals surface area contributed by atoms with Crippen LogP contribution in [-0.2, 0) is 48.9 Å². The van der Waals surface area contributed by atoms with Crippen molar-refractivity contribution < 1.29 is 42.3 Å². The Balaban J connectivity index is 2.38. The Morgan fingerprint density at radius 3 is 1.10 bits per heavy atom. The third-order valence-electron chi connectivity index (χ3n) is 5.32. The van der Waals surface area contributed by atoms with Gasteiger partial charge in [-0.1, -0.05) is 0 Å². The molecule has 0 saturated carbocycles. The Morgan fingerprint density at radius 2 is 0.800 bits per heavy atom. The first kappa shape index (κ1) is 24.3. The van der Waals surface area contributed by atoms with Gasteiger partial charge in [-0.05, 0) is 38.5 Å². The number of rotatable bonds is 4. The summed E-state index contributed by atoms with van der Waals surface area (Å²) < 4.78 is 35.0. The van der Waals surface area contributed by atoms with E-state index in [-0.39, 0.29) is 12.8 Å². The van der Waals surface area contributed by atoms with Gasteiger partial charge in [0.15, 0.2) is 0 Å². The van der Waals surface area contributed by atoms with Crippen molar-refractivity contribution in [1.82, 2.24) is 0 Å². The van der Waals surface area contributed by atoms with Crippen molar-refractivity contribution in [2.75, 3.05) is 0 Å². The summed E-state index contributed by atoms with van der Waals surface area (Å²) in [6.07, 6.45) is -0.510. The lowest BCUT2D eigenvalue weighted by Gasteiger charge is -2.29. The van der Waals surface area contributed by atoms with Crippen LogP contribution in [0.15, 0.2) is 0 Å². The molecule has 6 unspecified atom stereocenters. The van der Waals surface area contributed by atoms with Crippen LogP contribution < -0.4 is 0 Å². The van der Waals surface area contributed by atoms with E-state index in [0.717, 1.165) is 0 Å². The van der Waals surface area contributed by atoms with Gasteiger partial charge in [-0.2, -0.15) is 0 Å². The first-order valence-corrected chi connectivity index (χ1v) is 11.4. The molecule has 0 N–H and O–H groups in total. The lowest BCUT2D eigenvalue weighted by Crippen LogP contribution is -2.37. The monoisotopic (exact) mass is 446 g/mol. The molecule has 0 spiro atoms. The second-order valence-corrected chi connectivity index (χ2v) is 9.60. The van der Waals surface area contributed by atoms with Gasteiger partial charge in [0.2, 0.25) is 0 Å². The molecule has 0 aliphatic carbocycles. The van der Waals surface area contributed by atoms with E-state index in [1.807, 2.05) is 0 Å². The number of ether oxygens (including phenoxy) is 4. The number of hydrogen-bond donors (Lipinski definition) is 0. The largest absolute Gasteiger partial charge is 0.461 e. The minimum absolute atomic E-state index is 0.270. The number of carbonyl (C=O) groups excluding carboxylic acids is 4. The Kier molecular flexibility index (Phi) is 8.81. The zero-order valence-corrected chi connectivity index (χ0v) is 18.6. The molecule has 0 aromatic heterocycles. The van der Waals surface area contributed by atoms with Gasteiger partial charge in [0.25, 0.3) is 0 Å². The summed E-state index contributed by atoms with van der Waals surface area (Å²) in [6.45, 7) is 5.09. The zero-order chi connectivity index (χ0) is 22.4. The minimum atomic E-state index is -1.38. The maximum Gasteiger partial charge on any atom is 0.303 e. The summed E-state index contributed by atoms with van der Waals surface area (Å²) >= 11 is 0. The van der Waals surface area contributed by atoms with Crippen molar-refractivity contribution in [2.24, 2.45) is 0 Å². The maximum atomic E-state index is 13.2. The lowest BCUT2D eigenvalue weighted by atomic mass is 9.94. The second kappa shape index (κ2) is 10.9. The molecule has 0 amide bonds. The van der Waals surface area contributed by atoms with E-state index in [4.69, 9.17) is 18.9 Å². The molecule has 0 aromatic carbocycles. The van der Waals surface area contributed by atoms with Gasteiger partial charge in [0.1, 0.15) is 24.4 Å². The predicted molar refractivity (Wildman–Crippen MR) is 106 cm³/mol. The number of fused-ring (bicyclic) bond motifs is 2. The number of carbonyl (C=O) groups is 4. The van der Waals surface area contributed by atoms with Gasteiger partial charge in [0.05, 0.1) is 10.5 Å². The van der Waals surface area contributed by atoms with Crippen molar-refractivity contribution in [3.63, 3.8) is 0 Å². The van der Waals surface area contributed by atoms with E-state index < -0.39 is 69.6 Å².